The number of anilines is 2. The number of nitrogens with zero attached hydrogens (tertiary/aromatic N) is 4. The molecule has 6 nitrogen and oxygen atoms in total. The third-order valence-corrected chi connectivity index (χ3v) is 2.44. The van der Waals surface area contributed by atoms with E-state index >= 15 is 0 Å². The highest BCUT2D eigenvalue weighted by molar-refractivity contribution is 5.37. The van der Waals surface area contributed by atoms with Crippen molar-refractivity contribution in [3.8, 4) is 6.01 Å². The van der Waals surface area contributed by atoms with E-state index in [1.807, 2.05) is 13.8 Å². The quantitative estimate of drug-likeness (QED) is 0.780. The standard InChI is InChI=1S/C13H25N5O/c1-6-8-18(9-7-2)12-15-11(14-5)16-13(17-12)19-10(3)4/h10H,6-9H2,1-5H3,(H,14,15,16,17). The van der Waals surface area contributed by atoms with Crippen LogP contribution >= 0.6 is 0 Å². The zero-order valence-electron chi connectivity index (χ0n) is 12.6. The monoisotopic (exact) mass is 267 g/mol. The van der Waals surface area contributed by atoms with Crippen molar-refractivity contribution in [1.82, 2.24) is 15.0 Å². The number of nitrogens with one attached hydrogen (secondary N) is 1. The van der Waals surface area contributed by atoms with Gasteiger partial charge in [0, 0.05) is 20.1 Å². The smallest absolute Gasteiger partial charge is 0.323 e. The van der Waals surface area contributed by atoms with Gasteiger partial charge in [0.05, 0.1) is 6.10 Å². The van der Waals surface area contributed by atoms with Crippen molar-refractivity contribution in [3.05, 3.63) is 0 Å². The van der Waals surface area contributed by atoms with Crippen LogP contribution in [0.2, 0.25) is 0 Å². The van der Waals surface area contributed by atoms with E-state index < -0.39 is 0 Å². The highest BCUT2D eigenvalue weighted by Gasteiger charge is 2.13. The second-order valence-electron chi connectivity index (χ2n) is 4.65. The Bertz CT molecular complexity index is 377. The molecule has 108 valence electrons. The van der Waals surface area contributed by atoms with Crippen molar-refractivity contribution >= 4 is 11.9 Å². The fraction of sp³-hybridized carbons (Fsp3) is 0.769. The minimum atomic E-state index is 0.0470. The summed E-state index contributed by atoms with van der Waals surface area (Å²) in [4.78, 5) is 15.2. The molecule has 0 aromatic carbocycles. The van der Waals surface area contributed by atoms with Gasteiger partial charge in [-0.1, -0.05) is 13.8 Å². The lowest BCUT2D eigenvalue weighted by Crippen LogP contribution is -2.27. The van der Waals surface area contributed by atoms with Crippen molar-refractivity contribution in [3.63, 3.8) is 0 Å². The minimum absolute atomic E-state index is 0.0470. The summed E-state index contributed by atoms with van der Waals surface area (Å²) in [6, 6.07) is 0.376. The summed E-state index contributed by atoms with van der Waals surface area (Å²) in [5.74, 6) is 1.22. The van der Waals surface area contributed by atoms with Gasteiger partial charge in [-0.2, -0.15) is 15.0 Å². The Morgan fingerprint density at radius 3 is 2.21 bits per heavy atom. The molecule has 0 radical (unpaired) electrons. The van der Waals surface area contributed by atoms with Crippen molar-refractivity contribution < 1.29 is 4.74 Å². The third-order valence-electron chi connectivity index (χ3n) is 2.44. The second-order valence-corrected chi connectivity index (χ2v) is 4.65. The van der Waals surface area contributed by atoms with Gasteiger partial charge in [0.25, 0.3) is 0 Å². The molecule has 0 unspecified atom stereocenters. The lowest BCUT2D eigenvalue weighted by Gasteiger charge is -2.22. The largest absolute Gasteiger partial charge is 0.461 e. The van der Waals surface area contributed by atoms with Crippen molar-refractivity contribution in [2.45, 2.75) is 46.6 Å². The molecule has 0 aliphatic heterocycles. The van der Waals surface area contributed by atoms with Crippen LogP contribution in [0.15, 0.2) is 0 Å². The first-order valence-corrected chi connectivity index (χ1v) is 6.96. The summed E-state index contributed by atoms with van der Waals surface area (Å²) in [6.45, 7) is 10.1. The SMILES string of the molecule is CCCN(CCC)c1nc(NC)nc(OC(C)C)n1. The zero-order chi connectivity index (χ0) is 14.3. The number of aromatic nitrogens is 3. The number of hydrogen-bond donors (Lipinski definition) is 1. The van der Waals surface area contributed by atoms with Gasteiger partial charge >= 0.3 is 6.01 Å². The van der Waals surface area contributed by atoms with Gasteiger partial charge in [-0.3, -0.25) is 0 Å². The molecule has 0 aliphatic rings. The average Bonchev–Trinajstić information content (AvgIpc) is 2.37. The van der Waals surface area contributed by atoms with E-state index in [0.29, 0.717) is 17.9 Å². The Labute approximate surface area is 115 Å². The van der Waals surface area contributed by atoms with E-state index in [2.05, 4.69) is 39.0 Å². The van der Waals surface area contributed by atoms with Crippen LogP contribution in [0.3, 0.4) is 0 Å². The molecule has 19 heavy (non-hydrogen) atoms. The maximum absolute atomic E-state index is 5.57. The van der Waals surface area contributed by atoms with Crippen LogP contribution in [0.25, 0.3) is 0 Å². The van der Waals surface area contributed by atoms with E-state index in [9.17, 15) is 0 Å². The summed E-state index contributed by atoms with van der Waals surface area (Å²) < 4.78 is 5.57. The fourth-order valence-electron chi connectivity index (χ4n) is 1.71. The molecule has 1 rings (SSSR count). The number of ether oxygens (including phenoxy) is 1. The molecule has 1 N–H and O–H groups in total. The molecule has 0 amide bonds. The van der Waals surface area contributed by atoms with Gasteiger partial charge in [-0.15, -0.1) is 0 Å². The summed E-state index contributed by atoms with van der Waals surface area (Å²) in [6.07, 6.45) is 2.16. The molecule has 0 saturated heterocycles. The van der Waals surface area contributed by atoms with E-state index in [1.165, 1.54) is 0 Å². The average molecular weight is 267 g/mol. The van der Waals surface area contributed by atoms with Gasteiger partial charge in [-0.25, -0.2) is 0 Å². The molecular formula is C13H25N5O. The predicted octanol–water partition coefficient (Wildman–Crippen LogP) is 2.33. The Morgan fingerprint density at radius 2 is 1.74 bits per heavy atom. The highest BCUT2D eigenvalue weighted by atomic mass is 16.5. The zero-order valence-corrected chi connectivity index (χ0v) is 12.6. The predicted molar refractivity (Wildman–Crippen MR) is 77.9 cm³/mol. The Balaban J connectivity index is 3.02. The molecule has 6 heteroatoms. The minimum Gasteiger partial charge on any atom is -0.461 e. The van der Waals surface area contributed by atoms with Crippen LogP contribution in [0.1, 0.15) is 40.5 Å². The normalized spacial score (nSPS) is 10.6. The molecule has 1 heterocycles. The van der Waals surface area contributed by atoms with Gasteiger partial charge in [-0.05, 0) is 26.7 Å². The topological polar surface area (TPSA) is 63.2 Å². The van der Waals surface area contributed by atoms with Crippen LogP contribution in [0, 0.1) is 0 Å². The van der Waals surface area contributed by atoms with Crippen LogP contribution in [-0.2, 0) is 0 Å². The molecule has 0 spiro atoms. The summed E-state index contributed by atoms with van der Waals surface area (Å²) in [5, 5.41) is 2.95. The van der Waals surface area contributed by atoms with Crippen molar-refractivity contribution in [1.29, 1.82) is 0 Å². The first kappa shape index (κ1) is 15.5. The first-order valence-electron chi connectivity index (χ1n) is 6.96. The van der Waals surface area contributed by atoms with E-state index in [4.69, 9.17) is 4.74 Å². The van der Waals surface area contributed by atoms with Crippen LogP contribution in [0.5, 0.6) is 6.01 Å². The Morgan fingerprint density at radius 1 is 1.11 bits per heavy atom. The van der Waals surface area contributed by atoms with E-state index in [1.54, 1.807) is 7.05 Å². The van der Waals surface area contributed by atoms with E-state index in [0.717, 1.165) is 25.9 Å². The third kappa shape index (κ3) is 4.89. The van der Waals surface area contributed by atoms with Crippen LogP contribution in [-0.4, -0.2) is 41.2 Å². The summed E-state index contributed by atoms with van der Waals surface area (Å²) in [5.41, 5.74) is 0. The van der Waals surface area contributed by atoms with Crippen molar-refractivity contribution in [2.24, 2.45) is 0 Å². The van der Waals surface area contributed by atoms with Gasteiger partial charge in [0.2, 0.25) is 11.9 Å². The number of hydrogen-bond acceptors (Lipinski definition) is 6. The van der Waals surface area contributed by atoms with Crippen LogP contribution < -0.4 is 15.0 Å². The molecule has 0 atom stereocenters. The molecule has 1 aromatic rings. The summed E-state index contributed by atoms with van der Waals surface area (Å²) >= 11 is 0. The number of rotatable bonds is 8. The maximum Gasteiger partial charge on any atom is 0.323 e. The lowest BCUT2D eigenvalue weighted by atomic mass is 10.4. The Kier molecular flexibility index (Phi) is 6.32. The molecule has 0 aliphatic carbocycles. The van der Waals surface area contributed by atoms with E-state index in [-0.39, 0.29) is 6.10 Å². The second kappa shape index (κ2) is 7.76. The lowest BCUT2D eigenvalue weighted by molar-refractivity contribution is 0.222. The molecule has 0 bridgehead atoms. The van der Waals surface area contributed by atoms with Gasteiger partial charge in [0.1, 0.15) is 0 Å². The van der Waals surface area contributed by atoms with Gasteiger partial charge < -0.3 is 15.0 Å². The molecular weight excluding hydrogens is 242 g/mol. The maximum atomic E-state index is 5.57. The van der Waals surface area contributed by atoms with Gasteiger partial charge in [0.15, 0.2) is 0 Å². The molecule has 1 aromatic heterocycles. The molecule has 0 saturated carbocycles. The fourth-order valence-corrected chi connectivity index (χ4v) is 1.71. The summed E-state index contributed by atoms with van der Waals surface area (Å²) in [7, 11) is 1.79. The Hall–Kier alpha value is -1.59. The first-order chi connectivity index (χ1) is 9.10. The van der Waals surface area contributed by atoms with Crippen LogP contribution in [0.4, 0.5) is 11.9 Å². The molecule has 0 fully saturated rings. The highest BCUT2D eigenvalue weighted by Crippen LogP contribution is 2.16. The van der Waals surface area contributed by atoms with Crippen molar-refractivity contribution in [2.75, 3.05) is 30.4 Å².